The summed E-state index contributed by atoms with van der Waals surface area (Å²) in [5.41, 5.74) is 2.13. The van der Waals surface area contributed by atoms with Gasteiger partial charge in [-0.3, -0.25) is 24.0 Å². The van der Waals surface area contributed by atoms with Crippen molar-refractivity contribution in [3.8, 4) is 0 Å². The van der Waals surface area contributed by atoms with Crippen LogP contribution in [-0.2, 0) is 6.42 Å². The van der Waals surface area contributed by atoms with Crippen molar-refractivity contribution in [3.63, 3.8) is 0 Å². The first-order valence-corrected chi connectivity index (χ1v) is 11.0. The van der Waals surface area contributed by atoms with Gasteiger partial charge in [0.25, 0.3) is 0 Å². The number of furan rings is 2. The normalized spacial score (nSPS) is 13.3. The molecule has 0 bridgehead atoms. The van der Waals surface area contributed by atoms with E-state index in [0.29, 0.717) is 40.0 Å². The molecule has 0 N–H and O–H groups in total. The van der Waals surface area contributed by atoms with E-state index in [2.05, 4.69) is 0 Å². The van der Waals surface area contributed by atoms with Gasteiger partial charge in [-0.05, 0) is 12.1 Å². The fraction of sp³-hybridized carbons (Fsp3) is 0.107. The second kappa shape index (κ2) is 8.29. The summed E-state index contributed by atoms with van der Waals surface area (Å²) in [6, 6.07) is 16.4. The first-order chi connectivity index (χ1) is 16.8. The van der Waals surface area contributed by atoms with Crippen LogP contribution in [0.5, 0.6) is 0 Å². The molecule has 2 aliphatic rings. The Morgan fingerprint density at radius 2 is 1.06 bits per heavy atom. The first-order valence-electron chi connectivity index (χ1n) is 11.0. The average molecular weight is 466 g/mol. The molecule has 0 saturated carbocycles. The van der Waals surface area contributed by atoms with E-state index < -0.39 is 0 Å². The Morgan fingerprint density at radius 3 is 1.51 bits per heavy atom. The van der Waals surface area contributed by atoms with Gasteiger partial charge in [-0.1, -0.05) is 55.5 Å². The maximum atomic E-state index is 12.2. The number of benzene rings is 2. The highest BCUT2D eigenvalue weighted by Crippen LogP contribution is 2.30. The molecule has 6 rings (SSSR count). The molecule has 0 radical (unpaired) electrons. The minimum Gasteiger partial charge on any atom is -0.457 e. The number of fused-ring (bicyclic) bond motifs is 4. The second-order valence-corrected chi connectivity index (χ2v) is 8.13. The van der Waals surface area contributed by atoms with E-state index >= 15 is 0 Å². The fourth-order valence-corrected chi connectivity index (χ4v) is 4.15. The zero-order chi connectivity index (χ0) is 24.9. The van der Waals surface area contributed by atoms with Gasteiger partial charge in [0.15, 0.2) is 34.6 Å². The van der Waals surface area contributed by atoms with Crippen LogP contribution in [-0.4, -0.2) is 28.9 Å². The lowest BCUT2D eigenvalue weighted by Crippen LogP contribution is -2.18. The van der Waals surface area contributed by atoms with Gasteiger partial charge in [0.1, 0.15) is 5.76 Å². The van der Waals surface area contributed by atoms with Crippen LogP contribution in [0.3, 0.4) is 0 Å². The van der Waals surface area contributed by atoms with Crippen molar-refractivity contribution in [2.75, 3.05) is 0 Å². The van der Waals surface area contributed by atoms with E-state index in [0.717, 1.165) is 0 Å². The summed E-state index contributed by atoms with van der Waals surface area (Å²) in [5, 5.41) is 0. The standard InChI is InChI=1S/C14H8O4.C14H10O3/c1-7(15)11-6-10-12(16)8-4-2-3-5-9(8)13(17)14(10)18-11;1-2-8-7-11-12(15)9-5-3-4-6-10(9)13(16)14(11)17-8/h2-6H,1H3;3-7H,2H2,1H3. The van der Waals surface area contributed by atoms with Crippen LogP contribution in [0.4, 0.5) is 0 Å². The van der Waals surface area contributed by atoms with Crippen molar-refractivity contribution in [2.45, 2.75) is 20.3 Å². The molecule has 2 aromatic carbocycles. The van der Waals surface area contributed by atoms with E-state index in [-0.39, 0.29) is 51.8 Å². The van der Waals surface area contributed by atoms with E-state index in [1.54, 1.807) is 54.6 Å². The third-order valence-electron chi connectivity index (χ3n) is 5.94. The number of carbonyl (C=O) groups is 5. The van der Waals surface area contributed by atoms with Crippen molar-refractivity contribution in [1.82, 2.24) is 0 Å². The predicted octanol–water partition coefficient (Wildman–Crippen LogP) is 4.88. The number of rotatable bonds is 2. The Bertz CT molecular complexity index is 1470. The van der Waals surface area contributed by atoms with Crippen LogP contribution in [0.25, 0.3) is 0 Å². The molecule has 172 valence electrons. The molecular weight excluding hydrogens is 448 g/mol. The molecular formula is C28H18O7. The summed E-state index contributed by atoms with van der Waals surface area (Å²) in [7, 11) is 0. The maximum absolute atomic E-state index is 12.2. The van der Waals surface area contributed by atoms with Crippen LogP contribution >= 0.6 is 0 Å². The second-order valence-electron chi connectivity index (χ2n) is 8.13. The van der Waals surface area contributed by atoms with E-state index in [1.807, 2.05) is 6.92 Å². The Hall–Kier alpha value is -4.65. The highest BCUT2D eigenvalue weighted by Gasteiger charge is 2.34. The lowest BCUT2D eigenvalue weighted by atomic mass is 9.88. The highest BCUT2D eigenvalue weighted by atomic mass is 16.4. The molecule has 2 heterocycles. The Kier molecular flexibility index (Phi) is 5.25. The Morgan fingerprint density at radius 1 is 0.629 bits per heavy atom. The van der Waals surface area contributed by atoms with E-state index in [9.17, 15) is 24.0 Å². The zero-order valence-corrected chi connectivity index (χ0v) is 18.8. The molecule has 7 nitrogen and oxygen atoms in total. The maximum Gasteiger partial charge on any atom is 0.229 e. The molecule has 0 fully saturated rings. The number of hydrogen-bond acceptors (Lipinski definition) is 7. The number of hydrogen-bond donors (Lipinski definition) is 0. The summed E-state index contributed by atoms with van der Waals surface area (Å²) in [5.74, 6) is -0.416. The van der Waals surface area contributed by atoms with Crippen LogP contribution in [0.1, 0.15) is 94.2 Å². The number of carbonyl (C=O) groups excluding carboxylic acids is 5. The van der Waals surface area contributed by atoms with Gasteiger partial charge >= 0.3 is 0 Å². The number of aryl methyl sites for hydroxylation is 1. The summed E-state index contributed by atoms with van der Waals surface area (Å²) in [4.78, 5) is 59.8. The minimum atomic E-state index is -0.354. The van der Waals surface area contributed by atoms with Crippen LogP contribution in [0.2, 0.25) is 0 Å². The average Bonchev–Trinajstić information content (AvgIpc) is 3.52. The van der Waals surface area contributed by atoms with Crippen LogP contribution in [0.15, 0.2) is 69.5 Å². The zero-order valence-electron chi connectivity index (χ0n) is 18.8. The molecule has 0 unspecified atom stereocenters. The topological polar surface area (TPSA) is 112 Å². The smallest absolute Gasteiger partial charge is 0.229 e. The molecule has 0 saturated heterocycles. The van der Waals surface area contributed by atoms with Crippen LogP contribution < -0.4 is 0 Å². The molecule has 0 aliphatic heterocycles. The molecule has 0 spiro atoms. The van der Waals surface area contributed by atoms with Gasteiger partial charge < -0.3 is 8.83 Å². The van der Waals surface area contributed by atoms with Crippen molar-refractivity contribution in [2.24, 2.45) is 0 Å². The summed E-state index contributed by atoms with van der Waals surface area (Å²) < 4.78 is 10.6. The Labute approximate surface area is 199 Å². The molecule has 2 aliphatic carbocycles. The predicted molar refractivity (Wildman–Crippen MR) is 123 cm³/mol. The third-order valence-corrected chi connectivity index (χ3v) is 5.94. The van der Waals surface area contributed by atoms with Gasteiger partial charge in [0.05, 0.1) is 11.1 Å². The van der Waals surface area contributed by atoms with Gasteiger partial charge in [0.2, 0.25) is 11.6 Å². The quantitative estimate of drug-likeness (QED) is 0.335. The molecule has 35 heavy (non-hydrogen) atoms. The minimum absolute atomic E-state index is 0.0366. The monoisotopic (exact) mass is 466 g/mol. The van der Waals surface area contributed by atoms with Crippen molar-refractivity contribution >= 4 is 28.9 Å². The van der Waals surface area contributed by atoms with E-state index in [1.165, 1.54) is 13.0 Å². The molecule has 0 atom stereocenters. The molecule has 4 aromatic rings. The molecule has 2 aromatic heterocycles. The molecule has 7 heteroatoms. The molecule has 0 amide bonds. The van der Waals surface area contributed by atoms with Crippen LogP contribution in [0, 0.1) is 0 Å². The lowest BCUT2D eigenvalue weighted by molar-refractivity contribution is 0.0947. The van der Waals surface area contributed by atoms with Crippen molar-refractivity contribution in [1.29, 1.82) is 0 Å². The van der Waals surface area contributed by atoms with Crippen molar-refractivity contribution in [3.05, 3.63) is 117 Å². The summed E-state index contributed by atoms with van der Waals surface area (Å²) >= 11 is 0. The van der Waals surface area contributed by atoms with Crippen molar-refractivity contribution < 1.29 is 32.8 Å². The van der Waals surface area contributed by atoms with E-state index in [4.69, 9.17) is 8.83 Å². The third kappa shape index (κ3) is 3.49. The lowest BCUT2D eigenvalue weighted by Gasteiger charge is -2.11. The largest absolute Gasteiger partial charge is 0.457 e. The number of Topliss-reactive ketones (excluding diaryl/α,β-unsaturated/α-hetero) is 1. The summed E-state index contributed by atoms with van der Waals surface area (Å²) in [6.07, 6.45) is 0.671. The van der Waals surface area contributed by atoms with Gasteiger partial charge in [-0.2, -0.15) is 0 Å². The first kappa shape index (κ1) is 22.2. The Balaban J connectivity index is 0.000000145. The van der Waals surface area contributed by atoms with Gasteiger partial charge in [-0.15, -0.1) is 0 Å². The number of ketones is 5. The van der Waals surface area contributed by atoms with Gasteiger partial charge in [0, 0.05) is 35.6 Å². The van der Waals surface area contributed by atoms with Gasteiger partial charge in [-0.25, -0.2) is 0 Å². The summed E-state index contributed by atoms with van der Waals surface area (Å²) in [6.45, 7) is 3.25. The fourth-order valence-electron chi connectivity index (χ4n) is 4.15. The highest BCUT2D eigenvalue weighted by molar-refractivity contribution is 6.28. The SMILES string of the molecule is CC(=O)c1cc2c(o1)C(=O)c1ccccc1C2=O.CCc1cc2c(o1)C(=O)c1ccccc1C2=O.